The van der Waals surface area contributed by atoms with Crippen LogP contribution in [-0.4, -0.2) is 41.7 Å². The Morgan fingerprint density at radius 3 is 1.52 bits per heavy atom. The van der Waals surface area contributed by atoms with Crippen molar-refractivity contribution in [3.63, 3.8) is 0 Å². The first-order valence-corrected chi connectivity index (χ1v) is 22.2. The van der Waals surface area contributed by atoms with Crippen LogP contribution in [0.15, 0.2) is 158 Å². The minimum Gasteiger partial charge on any atom is -0.693 e. The van der Waals surface area contributed by atoms with Crippen molar-refractivity contribution in [2.45, 2.75) is 114 Å². The van der Waals surface area contributed by atoms with Crippen LogP contribution in [0.25, 0.3) is 6.15 Å². The van der Waals surface area contributed by atoms with Crippen molar-refractivity contribution < 1.29 is 48.9 Å². The van der Waals surface area contributed by atoms with Crippen molar-refractivity contribution in [2.24, 2.45) is 0 Å². The van der Waals surface area contributed by atoms with Crippen LogP contribution in [0, 0.1) is 0 Å². The number of anilines is 4. The topological polar surface area (TPSA) is 100.0 Å². The fraction of sp³-hybridized carbons (Fsp3) is 0.333. The smallest absolute Gasteiger partial charge is 0.693 e. The fourth-order valence-electron chi connectivity index (χ4n) is 9.52. The van der Waals surface area contributed by atoms with Crippen LogP contribution in [0.3, 0.4) is 0 Å². The maximum Gasteiger partial charge on any atom is 1.00 e. The summed E-state index contributed by atoms with van der Waals surface area (Å²) in [6, 6.07) is 55.0. The van der Waals surface area contributed by atoms with Gasteiger partial charge in [-0.05, 0) is 122 Å². The van der Waals surface area contributed by atoms with E-state index in [4.69, 9.17) is 14.2 Å². The molecule has 0 spiro atoms. The van der Waals surface area contributed by atoms with Gasteiger partial charge in [-0.2, -0.15) is 0 Å². The van der Waals surface area contributed by atoms with Crippen LogP contribution in [0.1, 0.15) is 71.9 Å². The molecule has 2 saturated carbocycles. The van der Waals surface area contributed by atoms with Crippen LogP contribution in [0.5, 0.6) is 0 Å². The number of ether oxygens (including phenoxy) is 3. The number of hydrogen-bond donors (Lipinski definition) is 2. The van der Waals surface area contributed by atoms with E-state index in [0.717, 1.165) is 63.5 Å². The van der Waals surface area contributed by atoms with Gasteiger partial charge in [-0.25, -0.2) is 0 Å². The van der Waals surface area contributed by atoms with E-state index < -0.39 is 6.10 Å². The minimum atomic E-state index is -0.526. The minimum absolute atomic E-state index is 0. The largest absolute Gasteiger partial charge is 1.00 e. The first kappa shape index (κ1) is 45.7. The summed E-state index contributed by atoms with van der Waals surface area (Å²) < 4.78 is 17.7. The second-order valence-corrected chi connectivity index (χ2v) is 16.8. The number of nitrogens with two attached hydrogens (primary N) is 1. The van der Waals surface area contributed by atoms with Gasteiger partial charge < -0.3 is 35.7 Å². The fourth-order valence-corrected chi connectivity index (χ4v) is 9.52. The summed E-state index contributed by atoms with van der Waals surface area (Å²) in [6.45, 7) is 1.26. The van der Waals surface area contributed by atoms with Gasteiger partial charge >= 0.3 is 29.6 Å². The van der Waals surface area contributed by atoms with Crippen molar-refractivity contribution in [1.29, 1.82) is 0 Å². The van der Waals surface area contributed by atoms with Gasteiger partial charge in [-0.1, -0.05) is 133 Å². The quantitative estimate of drug-likeness (QED) is 0.123. The van der Waals surface area contributed by atoms with Crippen molar-refractivity contribution in [2.75, 3.05) is 10.2 Å². The molecule has 6 aromatic carbocycles. The van der Waals surface area contributed by atoms with Crippen molar-refractivity contribution in [1.82, 2.24) is 0 Å². The van der Waals surface area contributed by atoms with E-state index >= 15 is 0 Å². The summed E-state index contributed by atoms with van der Waals surface area (Å²) in [5, 5.41) is 14.9. The summed E-state index contributed by atoms with van der Waals surface area (Å²) in [4.78, 5) is 2.40. The van der Waals surface area contributed by atoms with Crippen LogP contribution in [0.4, 0.5) is 22.7 Å². The van der Waals surface area contributed by atoms with Crippen molar-refractivity contribution >= 4 is 22.7 Å². The van der Waals surface area contributed by atoms with Gasteiger partial charge in [0, 0.05) is 22.7 Å². The molecule has 11 rings (SSSR count). The van der Waals surface area contributed by atoms with E-state index in [1.165, 1.54) is 63.4 Å². The zero-order chi connectivity index (χ0) is 40.5. The molecule has 0 aromatic heterocycles. The Morgan fingerprint density at radius 1 is 0.516 bits per heavy atom. The molecule has 7 nitrogen and oxygen atoms in total. The third kappa shape index (κ3) is 11.3. The van der Waals surface area contributed by atoms with Gasteiger partial charge in [-0.15, -0.1) is 0 Å². The number of benzene rings is 6. The van der Waals surface area contributed by atoms with E-state index in [9.17, 15) is 5.11 Å². The number of aryl methyl sites for hydroxylation is 4. The zero-order valence-electron chi connectivity index (χ0n) is 36.2. The normalized spacial score (nSPS) is 22.6. The number of epoxide rings is 1. The standard InChI is InChI=1S/C27H29NO2.C14H13N.C13H16O2.H2N.Na/c29-27-25(15-8-16-26(27)30-19-20-9-2-1-3-10-20)28-23-13-6-4-11-21(23)17-18-22-12-5-7-14-24(22)28;1-3-7-13-11(5-1)9-10-12-6-2-4-8-14(12)15-13;1-2-5-10(6-3-1)9-14-11-7-4-8-12-13(11)15-12;;/h1-7,9-14,25-27,29H,8,15-19H2;1-8,15H,9-10H2;1-3,5-6,11-13H,4,7-9H2;1H2;/q;;;-1;+1/t25-,26-,27+;;11?,12-,13+;;/m0.1../s1. The van der Waals surface area contributed by atoms with Crippen molar-refractivity contribution in [3.05, 3.63) is 197 Å². The molecule has 6 aromatic rings. The first-order chi connectivity index (χ1) is 29.7. The van der Waals surface area contributed by atoms with Crippen molar-refractivity contribution in [3.8, 4) is 0 Å². The third-order valence-corrected chi connectivity index (χ3v) is 12.8. The number of rotatable bonds is 7. The molecule has 316 valence electrons. The first-order valence-electron chi connectivity index (χ1n) is 22.2. The molecule has 1 unspecified atom stereocenters. The van der Waals surface area contributed by atoms with Gasteiger partial charge in [0.05, 0.1) is 37.6 Å². The zero-order valence-corrected chi connectivity index (χ0v) is 38.2. The van der Waals surface area contributed by atoms with E-state index in [1.807, 2.05) is 24.3 Å². The van der Waals surface area contributed by atoms with Gasteiger partial charge in [0.1, 0.15) is 12.2 Å². The van der Waals surface area contributed by atoms with Crippen LogP contribution < -0.4 is 39.8 Å². The average Bonchev–Trinajstić information content (AvgIpc) is 4.15. The second kappa shape index (κ2) is 22.4. The predicted molar refractivity (Wildman–Crippen MR) is 247 cm³/mol. The molecular weight excluding hydrogens is 778 g/mol. The molecule has 62 heavy (non-hydrogen) atoms. The summed E-state index contributed by atoms with van der Waals surface area (Å²) in [5.74, 6) is 0. The second-order valence-electron chi connectivity index (χ2n) is 16.8. The van der Waals surface area contributed by atoms with Gasteiger partial charge in [0.2, 0.25) is 0 Å². The van der Waals surface area contributed by atoms with Crippen LogP contribution in [0.2, 0.25) is 0 Å². The maximum atomic E-state index is 11.4. The maximum absolute atomic E-state index is 11.4. The van der Waals surface area contributed by atoms with E-state index in [1.54, 1.807) is 0 Å². The molecule has 4 N–H and O–H groups in total. The van der Waals surface area contributed by atoms with Gasteiger partial charge in [0.15, 0.2) is 0 Å². The molecule has 6 atom stereocenters. The number of aliphatic hydroxyl groups is 1. The summed E-state index contributed by atoms with van der Waals surface area (Å²) in [6.07, 6.45) is 11.5. The number of fused-ring (bicyclic) bond motifs is 5. The molecule has 3 fully saturated rings. The monoisotopic (exact) mass is 837 g/mol. The number of hydrogen-bond acceptors (Lipinski definition) is 6. The van der Waals surface area contributed by atoms with Crippen LogP contribution in [-0.2, 0) is 53.1 Å². The molecule has 5 aliphatic rings. The Labute approximate surface area is 390 Å². The Hall–Kier alpha value is -4.28. The molecule has 2 aliphatic carbocycles. The van der Waals surface area contributed by atoms with E-state index in [2.05, 4.69) is 144 Å². The molecule has 0 radical (unpaired) electrons. The van der Waals surface area contributed by atoms with E-state index in [-0.39, 0.29) is 47.9 Å². The molecule has 0 amide bonds. The summed E-state index contributed by atoms with van der Waals surface area (Å²) in [7, 11) is 0. The predicted octanol–water partition coefficient (Wildman–Crippen LogP) is 9.20. The Bertz CT molecular complexity index is 2200. The molecule has 0 bridgehead atoms. The van der Waals surface area contributed by atoms with Gasteiger partial charge in [-0.3, -0.25) is 0 Å². The van der Waals surface area contributed by atoms with Gasteiger partial charge in [0.25, 0.3) is 0 Å². The number of nitrogens with zero attached hydrogens (tertiary/aromatic N) is 1. The Balaban J connectivity index is 0.000000152. The summed E-state index contributed by atoms with van der Waals surface area (Å²) in [5.41, 5.74) is 12.9. The third-order valence-electron chi connectivity index (χ3n) is 12.8. The molecule has 1 saturated heterocycles. The average molecular weight is 838 g/mol. The summed E-state index contributed by atoms with van der Waals surface area (Å²) >= 11 is 0. The molecular formula is C54H60N3NaO4. The number of para-hydroxylation sites is 4. The molecule has 3 heterocycles. The molecule has 3 aliphatic heterocycles. The SMILES string of the molecule is O[C@H]1[C@@H](OCc2ccccc2)CCC[C@@H]1N1c2ccccc2CCc2ccccc21.[NH2-].[Na+].c1ccc(COC2CCC[C@H]3O[C@@H]23)cc1.c1ccc2c(c1)CCc1ccccc1N2. The van der Waals surface area contributed by atoms with E-state index in [0.29, 0.717) is 24.9 Å². The van der Waals surface area contributed by atoms with Crippen LogP contribution >= 0.6 is 0 Å². The Morgan fingerprint density at radius 2 is 0.952 bits per heavy atom. The number of aliphatic hydroxyl groups excluding tert-OH is 1. The number of nitrogens with one attached hydrogen (secondary N) is 1. The Kier molecular flexibility index (Phi) is 16.5. The molecule has 8 heteroatoms.